The van der Waals surface area contributed by atoms with Crippen LogP contribution in [0, 0.1) is 18.3 Å². The van der Waals surface area contributed by atoms with E-state index in [2.05, 4.69) is 30.9 Å². The maximum Gasteiger partial charge on any atom is 0.460 e. The highest BCUT2D eigenvalue weighted by molar-refractivity contribution is 6.32. The summed E-state index contributed by atoms with van der Waals surface area (Å²) in [6.07, 6.45) is -5.22. The highest BCUT2D eigenvalue weighted by Crippen LogP contribution is 2.51. The molecule has 2 amide bonds. The van der Waals surface area contributed by atoms with E-state index in [1.54, 1.807) is 0 Å². The van der Waals surface area contributed by atoms with Crippen LogP contribution in [0.15, 0.2) is 42.7 Å². The highest BCUT2D eigenvalue weighted by Gasteiger charge is 2.74. The van der Waals surface area contributed by atoms with Gasteiger partial charge in [-0.25, -0.2) is 9.67 Å². The molecule has 0 aliphatic rings. The standard InChI is InChI=1S/C25H17ClF7N9O2/c1-12-6-13(9-34)7-15(21(43)35-2)19(12)38-22(44)17-8-14(39-42(17)20-16(26)4-3-5-36-20)11-41-37-10-18(40-41)23(27,28)24(29,30)25(31,32)33/h3-8,10H,11H2,1-2H3,(H,35,43)(H,38,44). The smallest absolute Gasteiger partial charge is 0.355 e. The summed E-state index contributed by atoms with van der Waals surface area (Å²) in [5, 5.41) is 24.8. The van der Waals surface area contributed by atoms with Crippen molar-refractivity contribution in [1.29, 1.82) is 5.26 Å². The number of alkyl halides is 7. The van der Waals surface area contributed by atoms with Crippen molar-refractivity contribution in [3.63, 3.8) is 0 Å². The molecule has 0 unspecified atom stereocenters. The summed E-state index contributed by atoms with van der Waals surface area (Å²) in [6, 6.07) is 8.55. The molecular formula is C25H17ClF7N9O2. The van der Waals surface area contributed by atoms with Crippen LogP contribution in [0.5, 0.6) is 0 Å². The predicted molar refractivity (Wildman–Crippen MR) is 138 cm³/mol. The minimum Gasteiger partial charge on any atom is -0.355 e. The molecule has 0 saturated carbocycles. The van der Waals surface area contributed by atoms with Crippen LogP contribution >= 0.6 is 11.6 Å². The Balaban J connectivity index is 1.74. The van der Waals surface area contributed by atoms with Crippen molar-refractivity contribution in [3.8, 4) is 11.9 Å². The van der Waals surface area contributed by atoms with Gasteiger partial charge in [0, 0.05) is 13.2 Å². The van der Waals surface area contributed by atoms with Crippen molar-refractivity contribution in [2.75, 3.05) is 12.4 Å². The fraction of sp³-hybridized carbons (Fsp3) is 0.240. The molecule has 3 aromatic heterocycles. The van der Waals surface area contributed by atoms with Crippen molar-refractivity contribution in [3.05, 3.63) is 81.5 Å². The Morgan fingerprint density at radius 2 is 1.77 bits per heavy atom. The summed E-state index contributed by atoms with van der Waals surface area (Å²) in [5.74, 6) is -13.8. The molecule has 0 aliphatic carbocycles. The number of hydrogen-bond donors (Lipinski definition) is 2. The molecule has 4 aromatic rings. The molecular weight excluding hydrogens is 627 g/mol. The lowest BCUT2D eigenvalue weighted by Gasteiger charge is -2.26. The molecule has 0 atom stereocenters. The Morgan fingerprint density at radius 3 is 2.39 bits per heavy atom. The fourth-order valence-electron chi connectivity index (χ4n) is 3.87. The molecule has 0 radical (unpaired) electrons. The van der Waals surface area contributed by atoms with Crippen LogP contribution in [0.1, 0.15) is 43.4 Å². The van der Waals surface area contributed by atoms with Gasteiger partial charge in [-0.1, -0.05) is 11.6 Å². The number of carbonyl (C=O) groups is 2. The molecule has 1 aromatic carbocycles. The molecule has 19 heteroatoms. The van der Waals surface area contributed by atoms with Gasteiger partial charge in [0.2, 0.25) is 0 Å². The Hall–Kier alpha value is -5.05. The second kappa shape index (κ2) is 11.6. The van der Waals surface area contributed by atoms with Crippen LogP contribution in [-0.4, -0.2) is 60.7 Å². The number of nitriles is 1. The lowest BCUT2D eigenvalue weighted by atomic mass is 10.0. The lowest BCUT2D eigenvalue weighted by molar-refractivity contribution is -0.360. The molecule has 11 nitrogen and oxygen atoms in total. The third-order valence-electron chi connectivity index (χ3n) is 6.02. The summed E-state index contributed by atoms with van der Waals surface area (Å²) in [6.45, 7) is 0.852. The zero-order chi connectivity index (χ0) is 32.6. The van der Waals surface area contributed by atoms with Crippen LogP contribution in [0.25, 0.3) is 5.82 Å². The van der Waals surface area contributed by atoms with Crippen LogP contribution in [0.4, 0.5) is 36.4 Å². The maximum atomic E-state index is 14.1. The van der Waals surface area contributed by atoms with Crippen LogP contribution in [0.2, 0.25) is 5.02 Å². The molecule has 3 heterocycles. The molecule has 0 fully saturated rings. The second-order valence-corrected chi connectivity index (χ2v) is 9.42. The van der Waals surface area contributed by atoms with E-state index in [4.69, 9.17) is 11.6 Å². The first-order chi connectivity index (χ1) is 20.5. The van der Waals surface area contributed by atoms with Crippen LogP contribution in [-0.2, 0) is 12.5 Å². The van der Waals surface area contributed by atoms with Crippen molar-refractivity contribution in [2.24, 2.45) is 0 Å². The van der Waals surface area contributed by atoms with Gasteiger partial charge < -0.3 is 10.6 Å². The molecule has 4 rings (SSSR count). The van der Waals surface area contributed by atoms with Gasteiger partial charge in [0.25, 0.3) is 11.8 Å². The average Bonchev–Trinajstić information content (AvgIpc) is 3.61. The summed E-state index contributed by atoms with van der Waals surface area (Å²) in [7, 11) is 1.33. The van der Waals surface area contributed by atoms with Gasteiger partial charge in [0.15, 0.2) is 11.5 Å². The first-order valence-corrected chi connectivity index (χ1v) is 12.4. The van der Waals surface area contributed by atoms with Crippen molar-refractivity contribution in [2.45, 2.75) is 31.5 Å². The monoisotopic (exact) mass is 643 g/mol. The summed E-state index contributed by atoms with van der Waals surface area (Å²) in [5.41, 5.74) is -1.95. The predicted octanol–water partition coefficient (Wildman–Crippen LogP) is 4.64. The number of rotatable bonds is 8. The first-order valence-electron chi connectivity index (χ1n) is 12.0. The lowest BCUT2D eigenvalue weighted by Crippen LogP contribution is -2.50. The number of carbonyl (C=O) groups excluding carboxylic acids is 2. The summed E-state index contributed by atoms with van der Waals surface area (Å²) >= 11 is 6.23. The van der Waals surface area contributed by atoms with Gasteiger partial charge in [-0.3, -0.25) is 9.59 Å². The van der Waals surface area contributed by atoms with Crippen molar-refractivity contribution >= 4 is 29.1 Å². The minimum absolute atomic E-state index is 0.00493. The van der Waals surface area contributed by atoms with Gasteiger partial charge in [0.05, 0.1) is 39.8 Å². The second-order valence-electron chi connectivity index (χ2n) is 9.01. The van der Waals surface area contributed by atoms with Gasteiger partial charge in [-0.05, 0) is 42.8 Å². The Bertz CT molecular complexity index is 1790. The van der Waals surface area contributed by atoms with Gasteiger partial charge in [-0.2, -0.15) is 56.1 Å². The first kappa shape index (κ1) is 31.9. The SMILES string of the molecule is CNC(=O)c1cc(C#N)cc(C)c1NC(=O)c1cc(Cn2ncc(C(F)(F)C(F)(F)C(F)(F)F)n2)nn1-c1ncccc1Cl. The van der Waals surface area contributed by atoms with Crippen LogP contribution in [0.3, 0.4) is 0 Å². The zero-order valence-electron chi connectivity index (χ0n) is 22.2. The number of pyridine rings is 1. The number of anilines is 1. The number of aromatic nitrogens is 6. The number of benzene rings is 1. The Morgan fingerprint density at radius 1 is 1.07 bits per heavy atom. The van der Waals surface area contributed by atoms with E-state index in [1.165, 1.54) is 44.4 Å². The van der Waals surface area contributed by atoms with E-state index in [0.717, 1.165) is 10.7 Å². The topological polar surface area (TPSA) is 143 Å². The molecule has 0 bridgehead atoms. The highest BCUT2D eigenvalue weighted by atomic mass is 35.5. The average molecular weight is 644 g/mol. The molecule has 44 heavy (non-hydrogen) atoms. The van der Waals surface area contributed by atoms with E-state index >= 15 is 0 Å². The van der Waals surface area contributed by atoms with Gasteiger partial charge >= 0.3 is 18.0 Å². The number of nitrogens with zero attached hydrogens (tertiary/aromatic N) is 7. The van der Waals surface area contributed by atoms with E-state index in [-0.39, 0.29) is 45.2 Å². The number of amides is 2. The van der Waals surface area contributed by atoms with E-state index in [9.17, 15) is 45.6 Å². The molecule has 2 N–H and O–H groups in total. The van der Waals surface area contributed by atoms with E-state index in [1.807, 2.05) is 6.07 Å². The maximum absolute atomic E-state index is 14.1. The largest absolute Gasteiger partial charge is 0.460 e. The number of hydrogen-bond acceptors (Lipinski definition) is 7. The van der Waals surface area contributed by atoms with Gasteiger partial charge in [0.1, 0.15) is 12.2 Å². The third-order valence-corrected chi connectivity index (χ3v) is 6.31. The normalized spacial score (nSPS) is 12.1. The van der Waals surface area contributed by atoms with Crippen molar-refractivity contribution < 1.29 is 40.3 Å². The zero-order valence-corrected chi connectivity index (χ0v) is 23.0. The Kier molecular flexibility index (Phi) is 8.37. The quantitative estimate of drug-likeness (QED) is 0.266. The molecule has 0 aliphatic heterocycles. The minimum atomic E-state index is -6.58. The summed E-state index contributed by atoms with van der Waals surface area (Å²) in [4.78, 5) is 30.5. The number of halogens is 8. The number of nitrogens with one attached hydrogen (secondary N) is 2. The fourth-order valence-corrected chi connectivity index (χ4v) is 4.08. The molecule has 0 spiro atoms. The van der Waals surface area contributed by atoms with E-state index in [0.29, 0.717) is 10.4 Å². The summed E-state index contributed by atoms with van der Waals surface area (Å²) < 4.78 is 93.9. The van der Waals surface area contributed by atoms with Crippen molar-refractivity contribution in [1.82, 2.24) is 35.1 Å². The third kappa shape index (κ3) is 5.77. The van der Waals surface area contributed by atoms with E-state index < -0.39 is 42.1 Å². The molecule has 230 valence electrons. The number of aryl methyl sites for hydroxylation is 1. The molecule has 0 saturated heterocycles. The van der Waals surface area contributed by atoms with Gasteiger partial charge in [-0.15, -0.1) is 0 Å². The Labute approximate surface area is 247 Å². The van der Waals surface area contributed by atoms with Crippen LogP contribution < -0.4 is 10.6 Å².